The summed E-state index contributed by atoms with van der Waals surface area (Å²) >= 11 is 1.55. The highest BCUT2D eigenvalue weighted by Gasteiger charge is 2.17. The Balaban J connectivity index is 2.03. The van der Waals surface area contributed by atoms with Crippen LogP contribution in [0.25, 0.3) is 0 Å². The molecule has 1 amide bonds. The molecule has 116 valence electrons. The Hall–Kier alpha value is -2.34. The molecule has 0 saturated carbocycles. The minimum atomic E-state index is -1.03. The van der Waals surface area contributed by atoms with Crippen molar-refractivity contribution in [3.63, 3.8) is 0 Å². The number of hydrogen-bond acceptors (Lipinski definition) is 4. The van der Waals surface area contributed by atoms with Crippen molar-refractivity contribution in [1.29, 1.82) is 0 Å². The first kappa shape index (κ1) is 16.0. The lowest BCUT2D eigenvalue weighted by atomic mass is 10.1. The van der Waals surface area contributed by atoms with Gasteiger partial charge in [-0.1, -0.05) is 6.07 Å². The lowest BCUT2D eigenvalue weighted by Gasteiger charge is -2.13. The number of anilines is 1. The summed E-state index contributed by atoms with van der Waals surface area (Å²) in [5, 5.41) is 13.4. The molecule has 0 aliphatic carbocycles. The van der Waals surface area contributed by atoms with Gasteiger partial charge in [-0.3, -0.25) is 4.79 Å². The van der Waals surface area contributed by atoms with Gasteiger partial charge in [0.05, 0.1) is 5.92 Å². The monoisotopic (exact) mass is 319 g/mol. The molecule has 2 N–H and O–H groups in total. The van der Waals surface area contributed by atoms with E-state index >= 15 is 0 Å². The number of aryl methyl sites for hydroxylation is 1. The number of carboxylic acid groups (broad SMARTS) is 1. The molecule has 1 aromatic heterocycles. The molecule has 0 spiro atoms. The van der Waals surface area contributed by atoms with E-state index in [-0.39, 0.29) is 18.4 Å². The molecule has 1 unspecified atom stereocenters. The van der Waals surface area contributed by atoms with Crippen LogP contribution in [0, 0.1) is 6.92 Å². The number of carboxylic acids is 1. The highest BCUT2D eigenvalue weighted by molar-refractivity contribution is 7.10. The first-order valence-corrected chi connectivity index (χ1v) is 7.65. The fourth-order valence-corrected chi connectivity index (χ4v) is 2.70. The van der Waals surface area contributed by atoms with Crippen LogP contribution in [0.4, 0.5) is 5.69 Å². The third-order valence-electron chi connectivity index (χ3n) is 3.18. The molecule has 0 aliphatic rings. The van der Waals surface area contributed by atoms with E-state index in [1.165, 1.54) is 0 Å². The molecule has 6 heteroatoms. The molecular formula is C16H17NO4S. The Kier molecular flexibility index (Phi) is 5.16. The molecule has 1 heterocycles. The predicted octanol–water partition coefficient (Wildman–Crippen LogP) is 3.26. The second-order valence-corrected chi connectivity index (χ2v) is 5.86. The third kappa shape index (κ3) is 4.08. The molecule has 0 fully saturated rings. The Labute approximate surface area is 132 Å². The van der Waals surface area contributed by atoms with E-state index in [1.54, 1.807) is 29.5 Å². The molecule has 1 atom stereocenters. The van der Waals surface area contributed by atoms with Crippen LogP contribution in [0.5, 0.6) is 5.75 Å². The Morgan fingerprint density at radius 1 is 1.36 bits per heavy atom. The maximum absolute atomic E-state index is 12.2. The van der Waals surface area contributed by atoms with Crippen molar-refractivity contribution in [2.75, 3.05) is 11.9 Å². The number of carbonyl (C=O) groups excluding carboxylic acids is 1. The fourth-order valence-electron chi connectivity index (χ4n) is 1.92. The summed E-state index contributed by atoms with van der Waals surface area (Å²) < 4.78 is 5.10. The molecule has 2 rings (SSSR count). The number of aliphatic carboxylic acids is 1. The highest BCUT2D eigenvalue weighted by atomic mass is 32.1. The van der Waals surface area contributed by atoms with Gasteiger partial charge in [0.2, 0.25) is 5.91 Å². The van der Waals surface area contributed by atoms with Gasteiger partial charge in [0, 0.05) is 10.6 Å². The van der Waals surface area contributed by atoms with Crippen LogP contribution in [0.3, 0.4) is 0 Å². The topological polar surface area (TPSA) is 75.6 Å². The van der Waals surface area contributed by atoms with E-state index in [0.717, 1.165) is 10.4 Å². The summed E-state index contributed by atoms with van der Waals surface area (Å²) in [5.41, 5.74) is 1.51. The predicted molar refractivity (Wildman–Crippen MR) is 85.7 cm³/mol. The number of nitrogens with one attached hydrogen (secondary N) is 1. The normalized spacial score (nSPS) is 11.7. The summed E-state index contributed by atoms with van der Waals surface area (Å²) in [6, 6.07) is 8.91. The molecule has 5 nitrogen and oxygen atoms in total. The third-order valence-corrected chi connectivity index (χ3v) is 4.24. The number of hydrogen-bond donors (Lipinski definition) is 2. The molecule has 1 aromatic carbocycles. The number of thiophene rings is 1. The second kappa shape index (κ2) is 7.09. The van der Waals surface area contributed by atoms with Gasteiger partial charge in [-0.15, -0.1) is 11.3 Å². The fraction of sp³-hybridized carbons (Fsp3) is 0.250. The van der Waals surface area contributed by atoms with Crippen molar-refractivity contribution in [2.45, 2.75) is 19.8 Å². The van der Waals surface area contributed by atoms with E-state index < -0.39 is 5.97 Å². The van der Waals surface area contributed by atoms with Gasteiger partial charge in [0.15, 0.2) is 6.61 Å². The Bertz CT molecular complexity index is 667. The largest absolute Gasteiger partial charge is 0.482 e. The van der Waals surface area contributed by atoms with Gasteiger partial charge in [0.1, 0.15) is 5.75 Å². The smallest absolute Gasteiger partial charge is 0.341 e. The molecule has 22 heavy (non-hydrogen) atoms. The zero-order valence-corrected chi connectivity index (χ0v) is 13.1. The first-order valence-electron chi connectivity index (χ1n) is 6.77. The van der Waals surface area contributed by atoms with E-state index in [1.807, 2.05) is 31.4 Å². The van der Waals surface area contributed by atoms with Gasteiger partial charge < -0.3 is 15.2 Å². The maximum atomic E-state index is 12.2. The van der Waals surface area contributed by atoms with Gasteiger partial charge in [-0.2, -0.15) is 0 Å². The average molecular weight is 319 g/mol. The molecule has 0 saturated heterocycles. The van der Waals surface area contributed by atoms with E-state index in [0.29, 0.717) is 11.4 Å². The highest BCUT2D eigenvalue weighted by Crippen LogP contribution is 2.25. The number of benzene rings is 1. The minimum absolute atomic E-state index is 0.0789. The molecule has 0 radical (unpaired) electrons. The molecule has 2 aromatic rings. The van der Waals surface area contributed by atoms with Crippen molar-refractivity contribution in [3.8, 4) is 5.75 Å². The van der Waals surface area contributed by atoms with Crippen LogP contribution < -0.4 is 10.1 Å². The molecule has 0 bridgehead atoms. The van der Waals surface area contributed by atoms with E-state index in [4.69, 9.17) is 9.84 Å². The van der Waals surface area contributed by atoms with Crippen molar-refractivity contribution in [3.05, 3.63) is 46.2 Å². The number of rotatable bonds is 6. The van der Waals surface area contributed by atoms with Crippen LogP contribution >= 0.6 is 11.3 Å². The summed E-state index contributed by atoms with van der Waals surface area (Å²) in [7, 11) is 0. The number of amides is 1. The van der Waals surface area contributed by atoms with E-state index in [2.05, 4.69) is 5.32 Å². The van der Waals surface area contributed by atoms with Gasteiger partial charge in [-0.05, 0) is 49.1 Å². The van der Waals surface area contributed by atoms with Gasteiger partial charge in [0.25, 0.3) is 0 Å². The Morgan fingerprint density at radius 2 is 2.14 bits per heavy atom. The van der Waals surface area contributed by atoms with E-state index in [9.17, 15) is 9.59 Å². The van der Waals surface area contributed by atoms with Crippen LogP contribution in [0.15, 0.2) is 35.7 Å². The molecule has 0 aliphatic heterocycles. The van der Waals surface area contributed by atoms with Gasteiger partial charge in [-0.25, -0.2) is 4.79 Å². The summed E-state index contributed by atoms with van der Waals surface area (Å²) in [6.07, 6.45) is 0. The zero-order chi connectivity index (χ0) is 16.1. The quantitative estimate of drug-likeness (QED) is 0.857. The second-order valence-electron chi connectivity index (χ2n) is 4.89. The van der Waals surface area contributed by atoms with Crippen LogP contribution in [0.1, 0.15) is 23.3 Å². The van der Waals surface area contributed by atoms with Gasteiger partial charge >= 0.3 is 5.97 Å². The minimum Gasteiger partial charge on any atom is -0.482 e. The lowest BCUT2D eigenvalue weighted by Crippen LogP contribution is -2.18. The molecular weight excluding hydrogens is 302 g/mol. The van der Waals surface area contributed by atoms with Crippen LogP contribution in [-0.4, -0.2) is 23.6 Å². The lowest BCUT2D eigenvalue weighted by molar-refractivity contribution is -0.139. The summed E-state index contributed by atoms with van der Waals surface area (Å²) in [6.45, 7) is 3.31. The number of ether oxygens (including phenoxy) is 1. The van der Waals surface area contributed by atoms with Crippen molar-refractivity contribution >= 4 is 28.9 Å². The maximum Gasteiger partial charge on any atom is 0.341 e. The average Bonchev–Trinajstić information content (AvgIpc) is 3.00. The van der Waals surface area contributed by atoms with Crippen LogP contribution in [-0.2, 0) is 9.59 Å². The summed E-state index contributed by atoms with van der Waals surface area (Å²) in [5.74, 6) is -0.865. The standard InChI is InChI=1S/C16H17NO4S/c1-10-8-12(21-9-15(18)19)5-6-13(10)17-16(20)11(2)14-4-3-7-22-14/h3-8,11H,9H2,1-2H3,(H,17,20)(H,18,19). The van der Waals surface area contributed by atoms with Crippen molar-refractivity contribution < 1.29 is 19.4 Å². The Morgan fingerprint density at radius 3 is 2.73 bits per heavy atom. The number of carbonyl (C=O) groups is 2. The van der Waals surface area contributed by atoms with Crippen LogP contribution in [0.2, 0.25) is 0 Å². The summed E-state index contributed by atoms with van der Waals surface area (Å²) in [4.78, 5) is 23.7. The first-order chi connectivity index (χ1) is 10.5. The van der Waals surface area contributed by atoms with Crippen molar-refractivity contribution in [1.82, 2.24) is 0 Å². The van der Waals surface area contributed by atoms with Crippen molar-refractivity contribution in [2.24, 2.45) is 0 Å². The zero-order valence-electron chi connectivity index (χ0n) is 12.3. The SMILES string of the molecule is Cc1cc(OCC(=O)O)ccc1NC(=O)C(C)c1cccs1.